The minimum absolute atomic E-state index is 0.202. The van der Waals surface area contributed by atoms with Gasteiger partial charge in [0.05, 0.1) is 0 Å². The van der Waals surface area contributed by atoms with Crippen molar-refractivity contribution in [2.24, 2.45) is 11.3 Å². The van der Waals surface area contributed by atoms with Gasteiger partial charge in [0, 0.05) is 24.4 Å². The van der Waals surface area contributed by atoms with Crippen molar-refractivity contribution in [3.05, 3.63) is 0 Å². The molecule has 1 aliphatic carbocycles. The quantitative estimate of drug-likeness (QED) is 0.733. The Bertz CT molecular complexity index is 367. The first-order valence-electron chi connectivity index (χ1n) is 7.19. The van der Waals surface area contributed by atoms with Crippen LogP contribution in [0, 0.1) is 11.3 Å². The van der Waals surface area contributed by atoms with E-state index in [1.54, 1.807) is 11.8 Å². The third-order valence-corrected chi connectivity index (χ3v) is 4.33. The van der Waals surface area contributed by atoms with E-state index in [0.29, 0.717) is 5.78 Å². The van der Waals surface area contributed by atoms with Crippen molar-refractivity contribution in [3.8, 4) is 0 Å². The lowest BCUT2D eigenvalue weighted by molar-refractivity contribution is -0.124. The van der Waals surface area contributed by atoms with Gasteiger partial charge in [-0.05, 0) is 53.4 Å². The largest absolute Gasteiger partial charge is 0.444 e. The SMILES string of the molecule is CC(=O)C1CCC2(CC1)CN(C(=O)OC(C)(C)C)C2. The molecule has 4 nitrogen and oxygen atoms in total. The minimum Gasteiger partial charge on any atom is -0.444 e. The molecule has 0 atom stereocenters. The van der Waals surface area contributed by atoms with Crippen molar-refractivity contribution in [2.75, 3.05) is 13.1 Å². The molecule has 0 aromatic carbocycles. The van der Waals surface area contributed by atoms with E-state index in [2.05, 4.69) is 0 Å². The molecular formula is C15H25NO3. The maximum absolute atomic E-state index is 11.9. The first-order valence-corrected chi connectivity index (χ1v) is 7.19. The number of ether oxygens (including phenoxy) is 1. The summed E-state index contributed by atoms with van der Waals surface area (Å²) in [5.41, 5.74) is -0.158. The second-order valence-electron chi connectivity index (χ2n) is 7.22. The highest BCUT2D eigenvalue weighted by molar-refractivity contribution is 5.78. The van der Waals surface area contributed by atoms with E-state index in [0.717, 1.165) is 38.8 Å². The smallest absolute Gasteiger partial charge is 0.410 e. The second-order valence-corrected chi connectivity index (χ2v) is 7.22. The third kappa shape index (κ3) is 3.28. The lowest BCUT2D eigenvalue weighted by Gasteiger charge is -2.53. The van der Waals surface area contributed by atoms with E-state index in [1.807, 2.05) is 20.8 Å². The molecule has 108 valence electrons. The van der Waals surface area contributed by atoms with Gasteiger partial charge < -0.3 is 9.64 Å². The van der Waals surface area contributed by atoms with Crippen LogP contribution in [-0.2, 0) is 9.53 Å². The van der Waals surface area contributed by atoms with Crippen LogP contribution in [0.3, 0.4) is 0 Å². The molecule has 0 bridgehead atoms. The minimum atomic E-state index is -0.424. The molecule has 2 fully saturated rings. The molecular weight excluding hydrogens is 242 g/mol. The summed E-state index contributed by atoms with van der Waals surface area (Å²) in [4.78, 5) is 25.0. The Morgan fingerprint density at radius 3 is 2.11 bits per heavy atom. The summed E-state index contributed by atoms with van der Waals surface area (Å²) in [6.07, 6.45) is 3.90. The molecule has 1 saturated carbocycles. The van der Waals surface area contributed by atoms with Gasteiger partial charge in [-0.2, -0.15) is 0 Å². The van der Waals surface area contributed by atoms with Crippen LogP contribution in [0.25, 0.3) is 0 Å². The van der Waals surface area contributed by atoms with Crippen LogP contribution in [0.2, 0.25) is 0 Å². The molecule has 0 unspecified atom stereocenters. The Hall–Kier alpha value is -1.06. The van der Waals surface area contributed by atoms with Gasteiger partial charge in [0.2, 0.25) is 0 Å². The number of hydrogen-bond acceptors (Lipinski definition) is 3. The Morgan fingerprint density at radius 2 is 1.68 bits per heavy atom. The molecule has 2 aliphatic rings. The van der Waals surface area contributed by atoms with Crippen molar-refractivity contribution in [1.29, 1.82) is 0 Å². The van der Waals surface area contributed by atoms with E-state index in [1.165, 1.54) is 0 Å². The molecule has 2 rings (SSSR count). The normalized spacial score (nSPS) is 23.1. The molecule has 0 aromatic rings. The zero-order valence-corrected chi connectivity index (χ0v) is 12.5. The van der Waals surface area contributed by atoms with Crippen LogP contribution < -0.4 is 0 Å². The molecule has 4 heteroatoms. The summed E-state index contributed by atoms with van der Waals surface area (Å²) >= 11 is 0. The number of carbonyl (C=O) groups is 2. The Kier molecular flexibility index (Phi) is 3.63. The summed E-state index contributed by atoms with van der Waals surface area (Å²) < 4.78 is 5.37. The van der Waals surface area contributed by atoms with Crippen molar-refractivity contribution < 1.29 is 14.3 Å². The average Bonchev–Trinajstić information content (AvgIpc) is 2.23. The zero-order valence-electron chi connectivity index (χ0n) is 12.5. The monoisotopic (exact) mass is 267 g/mol. The van der Waals surface area contributed by atoms with Gasteiger partial charge >= 0.3 is 6.09 Å². The summed E-state index contributed by atoms with van der Waals surface area (Å²) in [7, 11) is 0. The fourth-order valence-corrected chi connectivity index (χ4v) is 3.17. The first-order chi connectivity index (χ1) is 8.71. The Labute approximate surface area is 115 Å². The van der Waals surface area contributed by atoms with Gasteiger partial charge in [-0.3, -0.25) is 4.79 Å². The predicted molar refractivity (Wildman–Crippen MR) is 72.9 cm³/mol. The first kappa shape index (κ1) is 14.4. The van der Waals surface area contributed by atoms with Crippen molar-refractivity contribution in [1.82, 2.24) is 4.90 Å². The summed E-state index contributed by atoms with van der Waals surface area (Å²) in [5.74, 6) is 0.569. The van der Waals surface area contributed by atoms with Crippen LogP contribution in [0.5, 0.6) is 0 Å². The van der Waals surface area contributed by atoms with E-state index in [4.69, 9.17) is 4.74 Å². The molecule has 19 heavy (non-hydrogen) atoms. The Balaban J connectivity index is 1.80. The van der Waals surface area contributed by atoms with E-state index in [-0.39, 0.29) is 17.4 Å². The second kappa shape index (κ2) is 4.80. The molecule has 1 saturated heterocycles. The maximum atomic E-state index is 11.9. The molecule has 1 amide bonds. The van der Waals surface area contributed by atoms with Gasteiger partial charge in [-0.15, -0.1) is 0 Å². The number of rotatable bonds is 1. The molecule has 0 radical (unpaired) electrons. The number of likely N-dealkylation sites (tertiary alicyclic amines) is 1. The van der Waals surface area contributed by atoms with Crippen LogP contribution in [0.4, 0.5) is 4.79 Å². The summed E-state index contributed by atoms with van der Waals surface area (Å²) in [6.45, 7) is 8.95. The summed E-state index contributed by atoms with van der Waals surface area (Å²) in [6, 6.07) is 0. The molecule has 0 N–H and O–H groups in total. The number of hydrogen-bond donors (Lipinski definition) is 0. The zero-order chi connectivity index (χ0) is 14.3. The number of Topliss-reactive ketones (excluding diaryl/α,β-unsaturated/α-hetero) is 1. The van der Waals surface area contributed by atoms with Gasteiger partial charge in [0.25, 0.3) is 0 Å². The van der Waals surface area contributed by atoms with Gasteiger partial charge in [-0.1, -0.05) is 0 Å². The van der Waals surface area contributed by atoms with E-state index < -0.39 is 5.60 Å². The molecule has 1 spiro atoms. The molecule has 0 aromatic heterocycles. The van der Waals surface area contributed by atoms with Crippen LogP contribution in [-0.4, -0.2) is 35.5 Å². The van der Waals surface area contributed by atoms with Crippen molar-refractivity contribution >= 4 is 11.9 Å². The van der Waals surface area contributed by atoms with Crippen LogP contribution in [0.15, 0.2) is 0 Å². The van der Waals surface area contributed by atoms with E-state index >= 15 is 0 Å². The van der Waals surface area contributed by atoms with Crippen molar-refractivity contribution in [2.45, 2.75) is 59.0 Å². The number of amides is 1. The topological polar surface area (TPSA) is 46.6 Å². The highest BCUT2D eigenvalue weighted by Gasteiger charge is 2.48. The fourth-order valence-electron chi connectivity index (χ4n) is 3.17. The standard InChI is InChI=1S/C15H25NO3/c1-11(17)12-5-7-15(8-6-12)9-16(10-15)13(18)19-14(2,3)4/h12H,5-10H2,1-4H3. The van der Waals surface area contributed by atoms with Crippen LogP contribution >= 0.6 is 0 Å². The lowest BCUT2D eigenvalue weighted by Crippen LogP contribution is -2.60. The average molecular weight is 267 g/mol. The highest BCUT2D eigenvalue weighted by Crippen LogP contribution is 2.46. The molecule has 1 heterocycles. The Morgan fingerprint density at radius 1 is 1.16 bits per heavy atom. The summed E-state index contributed by atoms with van der Waals surface area (Å²) in [5, 5.41) is 0. The molecule has 1 aliphatic heterocycles. The van der Waals surface area contributed by atoms with Gasteiger partial charge in [0.15, 0.2) is 0 Å². The van der Waals surface area contributed by atoms with Gasteiger partial charge in [-0.25, -0.2) is 4.79 Å². The predicted octanol–water partition coefficient (Wildman–Crippen LogP) is 3.00. The lowest BCUT2D eigenvalue weighted by atomic mass is 9.65. The third-order valence-electron chi connectivity index (χ3n) is 4.33. The fraction of sp³-hybridized carbons (Fsp3) is 0.867. The van der Waals surface area contributed by atoms with Crippen LogP contribution in [0.1, 0.15) is 53.4 Å². The van der Waals surface area contributed by atoms with Crippen molar-refractivity contribution in [3.63, 3.8) is 0 Å². The number of ketones is 1. The number of carbonyl (C=O) groups excluding carboxylic acids is 2. The highest BCUT2D eigenvalue weighted by atomic mass is 16.6. The number of nitrogens with zero attached hydrogens (tertiary/aromatic N) is 1. The maximum Gasteiger partial charge on any atom is 0.410 e. The van der Waals surface area contributed by atoms with Gasteiger partial charge in [0.1, 0.15) is 11.4 Å². The van der Waals surface area contributed by atoms with E-state index in [9.17, 15) is 9.59 Å².